The minimum atomic E-state index is 0.748. The van der Waals surface area contributed by atoms with Crippen LogP contribution in [0, 0.1) is 0 Å². The molecule has 6 aromatic rings. The van der Waals surface area contributed by atoms with Crippen molar-refractivity contribution in [2.45, 2.75) is 6.42 Å². The first-order chi connectivity index (χ1) is 18.1. The third-order valence-electron chi connectivity index (χ3n) is 7.07. The topological polar surface area (TPSA) is 70.5 Å². The molecular formula is C33H24N2O2. The highest BCUT2D eigenvalue weighted by Gasteiger charge is 2.20. The number of fused-ring (bicyclic) bond motifs is 5. The fourth-order valence-electron chi connectivity index (χ4n) is 5.24. The van der Waals surface area contributed by atoms with Gasteiger partial charge in [0, 0.05) is 22.1 Å². The maximum absolute atomic E-state index is 6.22. The van der Waals surface area contributed by atoms with Crippen LogP contribution in [-0.4, -0.2) is 0 Å². The van der Waals surface area contributed by atoms with Crippen molar-refractivity contribution in [2.24, 2.45) is 0 Å². The lowest BCUT2D eigenvalue weighted by Gasteiger charge is -2.10. The number of ether oxygens (including phenoxy) is 2. The molecule has 0 aliphatic heterocycles. The van der Waals surface area contributed by atoms with Crippen LogP contribution in [0.2, 0.25) is 0 Å². The Kier molecular flexibility index (Phi) is 4.79. The maximum Gasteiger partial charge on any atom is 0.128 e. The van der Waals surface area contributed by atoms with Gasteiger partial charge in [-0.2, -0.15) is 0 Å². The summed E-state index contributed by atoms with van der Waals surface area (Å²) in [6.45, 7) is 0. The average Bonchev–Trinajstić information content (AvgIpc) is 3.26. The molecule has 0 bridgehead atoms. The average molecular weight is 481 g/mol. The summed E-state index contributed by atoms with van der Waals surface area (Å²) in [5, 5.41) is 4.19. The van der Waals surface area contributed by atoms with E-state index in [1.165, 1.54) is 22.3 Å². The molecular weight excluding hydrogens is 456 g/mol. The molecule has 0 spiro atoms. The zero-order valence-corrected chi connectivity index (χ0v) is 20.1. The van der Waals surface area contributed by atoms with Gasteiger partial charge in [-0.25, -0.2) is 0 Å². The second kappa shape index (κ2) is 8.32. The van der Waals surface area contributed by atoms with Gasteiger partial charge in [0.2, 0.25) is 0 Å². The molecule has 0 saturated heterocycles. The number of nitrogen functional groups attached to an aromatic ring is 2. The number of hydrogen-bond donors (Lipinski definition) is 2. The largest absolute Gasteiger partial charge is 0.457 e. The third kappa shape index (κ3) is 3.80. The first-order valence-corrected chi connectivity index (χ1v) is 12.3. The van der Waals surface area contributed by atoms with Crippen molar-refractivity contribution in [3.63, 3.8) is 0 Å². The van der Waals surface area contributed by atoms with Crippen LogP contribution in [0.15, 0.2) is 109 Å². The molecule has 0 fully saturated rings. The minimum absolute atomic E-state index is 0.748. The van der Waals surface area contributed by atoms with Crippen LogP contribution in [0.1, 0.15) is 11.1 Å². The molecule has 7 rings (SSSR count). The molecule has 0 amide bonds. The van der Waals surface area contributed by atoms with E-state index in [2.05, 4.69) is 36.4 Å². The van der Waals surface area contributed by atoms with Crippen LogP contribution in [0.4, 0.5) is 11.4 Å². The molecule has 4 heteroatoms. The molecule has 0 atom stereocenters. The predicted octanol–water partition coefficient (Wildman–Crippen LogP) is 8.31. The van der Waals surface area contributed by atoms with Crippen LogP contribution in [-0.2, 0) is 6.42 Å². The SMILES string of the molecule is Nc1cccc2ccc(Oc3ccc4c(c3)Cc3cc(Oc5ccc6cccc(N)c6c5)ccc3-4)cc12. The Labute approximate surface area is 214 Å². The van der Waals surface area contributed by atoms with E-state index in [1.54, 1.807) is 0 Å². The summed E-state index contributed by atoms with van der Waals surface area (Å²) in [5.74, 6) is 3.16. The van der Waals surface area contributed by atoms with E-state index < -0.39 is 0 Å². The van der Waals surface area contributed by atoms with Crippen molar-refractivity contribution in [3.8, 4) is 34.1 Å². The van der Waals surface area contributed by atoms with E-state index in [4.69, 9.17) is 20.9 Å². The van der Waals surface area contributed by atoms with Crippen molar-refractivity contribution in [3.05, 3.63) is 120 Å². The summed E-state index contributed by atoms with van der Waals surface area (Å²) in [7, 11) is 0. The summed E-state index contributed by atoms with van der Waals surface area (Å²) in [4.78, 5) is 0. The van der Waals surface area contributed by atoms with Gasteiger partial charge in [-0.15, -0.1) is 0 Å². The smallest absolute Gasteiger partial charge is 0.128 e. The zero-order valence-electron chi connectivity index (χ0n) is 20.1. The molecule has 6 aromatic carbocycles. The second-order valence-electron chi connectivity index (χ2n) is 9.48. The Bertz CT molecular complexity index is 1710. The number of hydrogen-bond acceptors (Lipinski definition) is 4. The van der Waals surface area contributed by atoms with Crippen LogP contribution in [0.5, 0.6) is 23.0 Å². The van der Waals surface area contributed by atoms with Gasteiger partial charge in [-0.1, -0.05) is 48.5 Å². The van der Waals surface area contributed by atoms with Gasteiger partial charge in [-0.05, 0) is 100 Å². The van der Waals surface area contributed by atoms with E-state index in [1.807, 2.05) is 72.8 Å². The number of nitrogens with two attached hydrogens (primary N) is 2. The minimum Gasteiger partial charge on any atom is -0.457 e. The van der Waals surface area contributed by atoms with E-state index in [9.17, 15) is 0 Å². The lowest BCUT2D eigenvalue weighted by molar-refractivity contribution is 0.483. The van der Waals surface area contributed by atoms with Crippen molar-refractivity contribution in [1.29, 1.82) is 0 Å². The highest BCUT2D eigenvalue weighted by atomic mass is 16.5. The molecule has 1 aliphatic rings. The van der Waals surface area contributed by atoms with Gasteiger partial charge in [0.05, 0.1) is 0 Å². The summed E-state index contributed by atoms with van der Waals surface area (Å²) < 4.78 is 12.4. The van der Waals surface area contributed by atoms with Gasteiger partial charge in [0.15, 0.2) is 0 Å². The van der Waals surface area contributed by atoms with Crippen molar-refractivity contribution < 1.29 is 9.47 Å². The normalized spacial score (nSPS) is 11.9. The lowest BCUT2D eigenvalue weighted by Crippen LogP contribution is -1.90. The first-order valence-electron chi connectivity index (χ1n) is 12.3. The highest BCUT2D eigenvalue weighted by molar-refractivity contribution is 5.94. The first kappa shape index (κ1) is 21.3. The van der Waals surface area contributed by atoms with Crippen molar-refractivity contribution in [2.75, 3.05) is 11.5 Å². The maximum atomic E-state index is 6.22. The molecule has 37 heavy (non-hydrogen) atoms. The molecule has 0 heterocycles. The number of anilines is 2. The summed E-state index contributed by atoms with van der Waals surface area (Å²) in [6.07, 6.45) is 0.828. The van der Waals surface area contributed by atoms with Gasteiger partial charge in [-0.3, -0.25) is 0 Å². The van der Waals surface area contributed by atoms with Gasteiger partial charge in [0.1, 0.15) is 23.0 Å². The Morgan fingerprint density at radius 3 is 1.38 bits per heavy atom. The molecule has 0 radical (unpaired) electrons. The van der Waals surface area contributed by atoms with Gasteiger partial charge in [0.25, 0.3) is 0 Å². The zero-order chi connectivity index (χ0) is 24.9. The lowest BCUT2D eigenvalue weighted by atomic mass is 10.1. The molecule has 0 aromatic heterocycles. The van der Waals surface area contributed by atoms with Gasteiger partial charge < -0.3 is 20.9 Å². The van der Waals surface area contributed by atoms with Gasteiger partial charge >= 0.3 is 0 Å². The number of benzene rings is 6. The standard InChI is InChI=1S/C33H24N2O2/c34-32-5-1-3-20-7-9-26(18-30(20)32)36-24-11-13-28-22(16-24)15-23-17-25(12-14-29(23)28)37-27-10-8-21-4-2-6-33(35)31(21)19-27/h1-14,16-19H,15,34-35H2. The molecule has 0 unspecified atom stereocenters. The Hall–Kier alpha value is -4.96. The van der Waals surface area contributed by atoms with Crippen LogP contribution in [0.3, 0.4) is 0 Å². The number of rotatable bonds is 4. The molecule has 1 aliphatic carbocycles. The van der Waals surface area contributed by atoms with E-state index in [-0.39, 0.29) is 0 Å². The van der Waals surface area contributed by atoms with E-state index in [0.717, 1.165) is 62.3 Å². The third-order valence-corrected chi connectivity index (χ3v) is 7.07. The quantitative estimate of drug-likeness (QED) is 0.249. The fraction of sp³-hybridized carbons (Fsp3) is 0.0303. The Balaban J connectivity index is 1.13. The second-order valence-corrected chi connectivity index (χ2v) is 9.48. The van der Waals surface area contributed by atoms with Crippen LogP contribution >= 0.6 is 0 Å². The summed E-state index contributed by atoms with van der Waals surface area (Å²) in [5.41, 5.74) is 18.8. The van der Waals surface area contributed by atoms with Crippen LogP contribution < -0.4 is 20.9 Å². The highest BCUT2D eigenvalue weighted by Crippen LogP contribution is 2.41. The van der Waals surface area contributed by atoms with E-state index >= 15 is 0 Å². The Morgan fingerprint density at radius 2 is 0.892 bits per heavy atom. The predicted molar refractivity (Wildman–Crippen MR) is 152 cm³/mol. The van der Waals surface area contributed by atoms with Crippen LogP contribution in [0.25, 0.3) is 32.7 Å². The molecule has 4 nitrogen and oxygen atoms in total. The summed E-state index contributed by atoms with van der Waals surface area (Å²) >= 11 is 0. The monoisotopic (exact) mass is 480 g/mol. The van der Waals surface area contributed by atoms with E-state index in [0.29, 0.717) is 0 Å². The summed E-state index contributed by atoms with van der Waals surface area (Å²) in [6, 6.07) is 36.4. The Morgan fingerprint density at radius 1 is 0.459 bits per heavy atom. The van der Waals surface area contributed by atoms with Crippen molar-refractivity contribution >= 4 is 32.9 Å². The molecule has 178 valence electrons. The van der Waals surface area contributed by atoms with Crippen molar-refractivity contribution in [1.82, 2.24) is 0 Å². The molecule has 4 N–H and O–H groups in total. The molecule has 0 saturated carbocycles. The fourth-order valence-corrected chi connectivity index (χ4v) is 5.24.